The number of carbonyl (C=O) groups excluding carboxylic acids is 1. The van der Waals surface area contributed by atoms with E-state index in [9.17, 15) is 4.79 Å². The molecule has 1 aromatic carbocycles. The highest BCUT2D eigenvalue weighted by Gasteiger charge is 2.19. The van der Waals surface area contributed by atoms with Crippen molar-refractivity contribution in [3.8, 4) is 11.3 Å². The van der Waals surface area contributed by atoms with Gasteiger partial charge in [0.2, 0.25) is 0 Å². The molecule has 7 heteroatoms. The number of anilines is 1. The van der Waals surface area contributed by atoms with Gasteiger partial charge in [0.25, 0.3) is 0 Å². The number of piperazine rings is 1. The van der Waals surface area contributed by atoms with Crippen LogP contribution in [0.2, 0.25) is 5.02 Å². The fourth-order valence-corrected chi connectivity index (χ4v) is 3.90. The van der Waals surface area contributed by atoms with Crippen molar-refractivity contribution >= 4 is 29.2 Å². The van der Waals surface area contributed by atoms with E-state index in [4.69, 9.17) is 11.6 Å². The number of rotatable bonds is 5. The summed E-state index contributed by atoms with van der Waals surface area (Å²) in [7, 11) is 0. The molecule has 2 aromatic heterocycles. The van der Waals surface area contributed by atoms with Crippen LogP contribution in [-0.2, 0) is 0 Å². The van der Waals surface area contributed by atoms with Crippen molar-refractivity contribution in [3.05, 3.63) is 47.2 Å². The van der Waals surface area contributed by atoms with Gasteiger partial charge in [-0.15, -0.1) is 0 Å². The van der Waals surface area contributed by atoms with Gasteiger partial charge in [-0.3, -0.25) is 9.69 Å². The Hall–Kier alpha value is -2.44. The van der Waals surface area contributed by atoms with Crippen molar-refractivity contribution in [1.29, 1.82) is 0 Å². The summed E-state index contributed by atoms with van der Waals surface area (Å²) in [6.45, 7) is 7.48. The number of nitrogens with zero attached hydrogens (tertiary/aromatic N) is 5. The second-order valence-electron chi connectivity index (χ2n) is 6.78. The summed E-state index contributed by atoms with van der Waals surface area (Å²) in [6, 6.07) is 9.50. The van der Waals surface area contributed by atoms with Gasteiger partial charge in [0.1, 0.15) is 5.69 Å². The van der Waals surface area contributed by atoms with E-state index in [0.29, 0.717) is 11.3 Å². The Labute approximate surface area is 163 Å². The summed E-state index contributed by atoms with van der Waals surface area (Å²) < 4.78 is 1.68. The third-order valence-corrected chi connectivity index (χ3v) is 5.30. The van der Waals surface area contributed by atoms with Crippen LogP contribution in [-0.4, -0.2) is 58.5 Å². The monoisotopic (exact) mass is 383 g/mol. The lowest BCUT2D eigenvalue weighted by atomic mass is 10.1. The SMILES string of the molecule is CCCN1CCN(c2ccc(-c3cnc4ccc(C=O)nn34)cc2Cl)CC1. The number of benzene rings is 1. The number of imidazole rings is 1. The van der Waals surface area contributed by atoms with Crippen molar-refractivity contribution < 1.29 is 4.79 Å². The minimum atomic E-state index is 0.370. The normalized spacial score (nSPS) is 15.4. The van der Waals surface area contributed by atoms with E-state index in [1.54, 1.807) is 22.8 Å². The average Bonchev–Trinajstić information content (AvgIpc) is 3.12. The van der Waals surface area contributed by atoms with Crippen LogP contribution in [0.25, 0.3) is 16.9 Å². The molecular formula is C20H22ClN5O. The number of fused-ring (bicyclic) bond motifs is 1. The Morgan fingerprint density at radius 1 is 1.15 bits per heavy atom. The highest BCUT2D eigenvalue weighted by Crippen LogP contribution is 2.32. The molecule has 27 heavy (non-hydrogen) atoms. The van der Waals surface area contributed by atoms with Gasteiger partial charge in [-0.2, -0.15) is 5.10 Å². The van der Waals surface area contributed by atoms with Gasteiger partial charge in [-0.1, -0.05) is 24.6 Å². The molecule has 0 saturated carbocycles. The molecule has 1 aliphatic heterocycles. The highest BCUT2D eigenvalue weighted by atomic mass is 35.5. The highest BCUT2D eigenvalue weighted by molar-refractivity contribution is 6.33. The first-order valence-corrected chi connectivity index (χ1v) is 9.64. The maximum atomic E-state index is 11.0. The van der Waals surface area contributed by atoms with E-state index in [2.05, 4.69) is 32.9 Å². The van der Waals surface area contributed by atoms with Crippen LogP contribution in [0.15, 0.2) is 36.5 Å². The van der Waals surface area contributed by atoms with Crippen LogP contribution in [0.4, 0.5) is 5.69 Å². The average molecular weight is 384 g/mol. The molecule has 1 fully saturated rings. The minimum Gasteiger partial charge on any atom is -0.368 e. The van der Waals surface area contributed by atoms with Gasteiger partial charge in [0.15, 0.2) is 11.9 Å². The van der Waals surface area contributed by atoms with E-state index in [-0.39, 0.29) is 0 Å². The van der Waals surface area contributed by atoms with Crippen LogP contribution < -0.4 is 4.90 Å². The first-order valence-electron chi connectivity index (χ1n) is 9.27. The van der Waals surface area contributed by atoms with E-state index in [0.717, 1.165) is 61.0 Å². The summed E-state index contributed by atoms with van der Waals surface area (Å²) in [5.74, 6) is 0. The molecule has 0 unspecified atom stereocenters. The number of aromatic nitrogens is 3. The van der Waals surface area contributed by atoms with Crippen molar-refractivity contribution in [2.45, 2.75) is 13.3 Å². The first kappa shape index (κ1) is 17.9. The third-order valence-electron chi connectivity index (χ3n) is 5.00. The number of halogens is 1. The van der Waals surface area contributed by atoms with E-state index < -0.39 is 0 Å². The van der Waals surface area contributed by atoms with Crippen molar-refractivity contribution in [2.75, 3.05) is 37.6 Å². The lowest BCUT2D eigenvalue weighted by Gasteiger charge is -2.36. The summed E-state index contributed by atoms with van der Waals surface area (Å²) in [6.07, 6.45) is 3.68. The smallest absolute Gasteiger partial charge is 0.170 e. The van der Waals surface area contributed by atoms with Crippen LogP contribution in [0.5, 0.6) is 0 Å². The Bertz CT molecular complexity index is 962. The molecule has 3 aromatic rings. The molecule has 6 nitrogen and oxygen atoms in total. The molecular weight excluding hydrogens is 362 g/mol. The summed E-state index contributed by atoms with van der Waals surface area (Å²) in [5, 5.41) is 5.05. The molecule has 1 aliphatic rings. The zero-order valence-electron chi connectivity index (χ0n) is 15.3. The third kappa shape index (κ3) is 3.55. The number of hydrogen-bond donors (Lipinski definition) is 0. The second kappa shape index (κ2) is 7.66. The van der Waals surface area contributed by atoms with Gasteiger partial charge in [-0.25, -0.2) is 9.50 Å². The Kier molecular flexibility index (Phi) is 5.09. The summed E-state index contributed by atoms with van der Waals surface area (Å²) in [4.78, 5) is 20.2. The number of aldehydes is 1. The van der Waals surface area contributed by atoms with Gasteiger partial charge in [-0.05, 0) is 37.2 Å². The van der Waals surface area contributed by atoms with Crippen LogP contribution >= 0.6 is 11.6 Å². The van der Waals surface area contributed by atoms with Crippen LogP contribution in [0, 0.1) is 0 Å². The fourth-order valence-electron chi connectivity index (χ4n) is 3.60. The maximum absolute atomic E-state index is 11.0. The van der Waals surface area contributed by atoms with Crippen LogP contribution in [0.3, 0.4) is 0 Å². The first-order chi connectivity index (χ1) is 13.2. The topological polar surface area (TPSA) is 53.7 Å². The summed E-state index contributed by atoms with van der Waals surface area (Å²) in [5.41, 5.74) is 3.87. The number of carbonyl (C=O) groups is 1. The predicted molar refractivity (Wildman–Crippen MR) is 108 cm³/mol. The molecule has 0 spiro atoms. The zero-order valence-corrected chi connectivity index (χ0v) is 16.1. The zero-order chi connectivity index (χ0) is 18.8. The summed E-state index contributed by atoms with van der Waals surface area (Å²) >= 11 is 6.63. The fraction of sp³-hybridized carbons (Fsp3) is 0.350. The maximum Gasteiger partial charge on any atom is 0.170 e. The predicted octanol–water partition coefficient (Wildman–Crippen LogP) is 3.39. The molecule has 0 N–H and O–H groups in total. The molecule has 140 valence electrons. The van der Waals surface area contributed by atoms with Gasteiger partial charge in [0, 0.05) is 31.7 Å². The van der Waals surface area contributed by atoms with Crippen molar-refractivity contribution in [3.63, 3.8) is 0 Å². The lowest BCUT2D eigenvalue weighted by molar-refractivity contribution is 0.111. The molecule has 4 rings (SSSR count). The van der Waals surface area contributed by atoms with Crippen molar-refractivity contribution in [2.24, 2.45) is 0 Å². The van der Waals surface area contributed by atoms with Gasteiger partial charge < -0.3 is 4.90 Å². The Morgan fingerprint density at radius 2 is 1.96 bits per heavy atom. The van der Waals surface area contributed by atoms with Gasteiger partial charge in [0.05, 0.1) is 22.6 Å². The standard InChI is InChI=1S/C20H22ClN5O/c1-2-7-24-8-10-25(11-9-24)18-5-3-15(12-17(18)21)19-13-22-20-6-4-16(14-27)23-26(19)20/h3-6,12-14H,2,7-11H2,1H3. The molecule has 0 aliphatic carbocycles. The van der Waals surface area contributed by atoms with Crippen molar-refractivity contribution in [1.82, 2.24) is 19.5 Å². The molecule has 1 saturated heterocycles. The molecule has 0 amide bonds. The molecule has 0 bridgehead atoms. The van der Waals surface area contributed by atoms with E-state index in [1.807, 2.05) is 12.1 Å². The van der Waals surface area contributed by atoms with E-state index >= 15 is 0 Å². The van der Waals surface area contributed by atoms with E-state index in [1.165, 1.54) is 6.42 Å². The largest absolute Gasteiger partial charge is 0.368 e. The van der Waals surface area contributed by atoms with Crippen LogP contribution in [0.1, 0.15) is 23.8 Å². The second-order valence-corrected chi connectivity index (χ2v) is 7.19. The quantitative estimate of drug-likeness (QED) is 0.632. The molecule has 0 atom stereocenters. The Balaban J connectivity index is 1.60. The number of hydrogen-bond acceptors (Lipinski definition) is 5. The minimum absolute atomic E-state index is 0.370. The molecule has 0 radical (unpaired) electrons. The Morgan fingerprint density at radius 3 is 2.67 bits per heavy atom. The van der Waals surface area contributed by atoms with Gasteiger partial charge >= 0.3 is 0 Å². The molecule has 3 heterocycles. The lowest BCUT2D eigenvalue weighted by Crippen LogP contribution is -2.46.